The summed E-state index contributed by atoms with van der Waals surface area (Å²) in [4.78, 5) is 19.5. The van der Waals surface area contributed by atoms with Crippen LogP contribution in [0.3, 0.4) is 0 Å². The number of carbonyl (C=O) groups is 1. The van der Waals surface area contributed by atoms with E-state index in [4.69, 9.17) is 4.74 Å². The highest BCUT2D eigenvalue weighted by Gasteiger charge is 2.32. The van der Waals surface area contributed by atoms with Gasteiger partial charge in [0.05, 0.1) is 6.61 Å². The van der Waals surface area contributed by atoms with Gasteiger partial charge in [0.1, 0.15) is 16.5 Å². The Morgan fingerprint density at radius 2 is 1.93 bits per heavy atom. The monoisotopic (exact) mass is 385 g/mol. The lowest BCUT2D eigenvalue weighted by molar-refractivity contribution is 0.0753. The standard InChI is InChI=1S/C21H27N3O2S/c1-2-11-26-18-5-3-15(4-6-18)20-23-19(14-27-20)21(25)24-9-7-16-12-22-13-17(16)8-10-24/h3-6,14,16-17,22H,2,7-13H2,1H3/t16-,17+. The second-order valence-electron chi connectivity index (χ2n) is 7.46. The normalized spacial score (nSPS) is 22.3. The molecule has 4 rings (SSSR count). The minimum Gasteiger partial charge on any atom is -0.494 e. The van der Waals surface area contributed by atoms with Crippen LogP contribution in [0.4, 0.5) is 0 Å². The zero-order valence-electron chi connectivity index (χ0n) is 15.8. The number of benzene rings is 1. The van der Waals surface area contributed by atoms with Crippen molar-refractivity contribution in [1.29, 1.82) is 0 Å². The highest BCUT2D eigenvalue weighted by molar-refractivity contribution is 7.13. The van der Waals surface area contributed by atoms with Gasteiger partial charge in [-0.1, -0.05) is 6.92 Å². The molecule has 0 spiro atoms. The van der Waals surface area contributed by atoms with Gasteiger partial charge >= 0.3 is 0 Å². The van der Waals surface area contributed by atoms with Crippen LogP contribution in [-0.4, -0.2) is 48.6 Å². The summed E-state index contributed by atoms with van der Waals surface area (Å²) in [5, 5.41) is 6.26. The maximum atomic E-state index is 12.9. The van der Waals surface area contributed by atoms with Gasteiger partial charge in [0.2, 0.25) is 0 Å². The van der Waals surface area contributed by atoms with E-state index in [0.717, 1.165) is 80.2 Å². The van der Waals surface area contributed by atoms with Crippen LogP contribution in [-0.2, 0) is 0 Å². The Morgan fingerprint density at radius 1 is 1.22 bits per heavy atom. The summed E-state index contributed by atoms with van der Waals surface area (Å²) in [5.74, 6) is 2.40. The molecular formula is C21H27N3O2S. The molecule has 6 heteroatoms. The van der Waals surface area contributed by atoms with E-state index in [1.165, 1.54) is 11.3 Å². The second-order valence-corrected chi connectivity index (χ2v) is 8.32. The molecule has 2 aromatic rings. The molecule has 5 nitrogen and oxygen atoms in total. The first-order valence-electron chi connectivity index (χ1n) is 9.93. The summed E-state index contributed by atoms with van der Waals surface area (Å²) in [6.45, 7) is 6.71. The van der Waals surface area contributed by atoms with Gasteiger partial charge in [-0.15, -0.1) is 11.3 Å². The molecule has 1 aromatic carbocycles. The smallest absolute Gasteiger partial charge is 0.273 e. The molecule has 0 bridgehead atoms. The maximum absolute atomic E-state index is 12.9. The fourth-order valence-electron chi connectivity index (χ4n) is 4.00. The number of aromatic nitrogens is 1. The lowest BCUT2D eigenvalue weighted by atomic mass is 9.92. The minimum absolute atomic E-state index is 0.0772. The van der Waals surface area contributed by atoms with Gasteiger partial charge in [0.25, 0.3) is 5.91 Å². The maximum Gasteiger partial charge on any atom is 0.273 e. The molecule has 1 aromatic heterocycles. The van der Waals surface area contributed by atoms with Crippen LogP contribution >= 0.6 is 11.3 Å². The van der Waals surface area contributed by atoms with Gasteiger partial charge < -0.3 is 15.0 Å². The average Bonchev–Trinajstić information content (AvgIpc) is 3.32. The van der Waals surface area contributed by atoms with E-state index in [-0.39, 0.29) is 5.91 Å². The SMILES string of the molecule is CCCOc1ccc(-c2nc(C(=O)N3CC[C@@H]4CNC[C@@H]4CC3)cs2)cc1. The Kier molecular flexibility index (Phi) is 5.74. The van der Waals surface area contributed by atoms with Crippen molar-refractivity contribution in [3.05, 3.63) is 35.3 Å². The third kappa shape index (κ3) is 4.17. The Bertz CT molecular complexity index is 760. The molecule has 0 aliphatic carbocycles. The number of nitrogens with one attached hydrogen (secondary N) is 1. The zero-order valence-corrected chi connectivity index (χ0v) is 16.6. The number of thiazole rings is 1. The van der Waals surface area contributed by atoms with E-state index in [0.29, 0.717) is 5.69 Å². The molecule has 0 radical (unpaired) electrons. The van der Waals surface area contributed by atoms with Crippen molar-refractivity contribution in [1.82, 2.24) is 15.2 Å². The summed E-state index contributed by atoms with van der Waals surface area (Å²) < 4.78 is 5.63. The van der Waals surface area contributed by atoms with Crippen LogP contribution in [0.25, 0.3) is 10.6 Å². The molecule has 2 aliphatic heterocycles. The molecule has 27 heavy (non-hydrogen) atoms. The van der Waals surface area contributed by atoms with Crippen LogP contribution in [0, 0.1) is 11.8 Å². The molecule has 0 unspecified atom stereocenters. The Balaban J connectivity index is 1.41. The van der Waals surface area contributed by atoms with Crippen LogP contribution in [0.2, 0.25) is 0 Å². The Labute approximate surface area is 164 Å². The molecule has 2 aliphatic rings. The molecule has 3 heterocycles. The number of hydrogen-bond donors (Lipinski definition) is 1. The molecule has 1 N–H and O–H groups in total. The van der Waals surface area contributed by atoms with Crippen molar-refractivity contribution in [2.45, 2.75) is 26.2 Å². The average molecular weight is 386 g/mol. The number of amides is 1. The fraction of sp³-hybridized carbons (Fsp3) is 0.524. The summed E-state index contributed by atoms with van der Waals surface area (Å²) in [5.41, 5.74) is 1.60. The highest BCUT2D eigenvalue weighted by Crippen LogP contribution is 2.29. The van der Waals surface area contributed by atoms with Crippen molar-refractivity contribution < 1.29 is 9.53 Å². The van der Waals surface area contributed by atoms with Gasteiger partial charge in [0.15, 0.2) is 0 Å². The van der Waals surface area contributed by atoms with Crippen LogP contribution in [0.5, 0.6) is 5.75 Å². The summed E-state index contributed by atoms with van der Waals surface area (Å²) in [7, 11) is 0. The zero-order chi connectivity index (χ0) is 18.6. The molecule has 0 saturated carbocycles. The lowest BCUT2D eigenvalue weighted by Crippen LogP contribution is -2.33. The van der Waals surface area contributed by atoms with Crippen LogP contribution in [0.1, 0.15) is 36.7 Å². The molecule has 144 valence electrons. The number of likely N-dealkylation sites (tertiary alicyclic amines) is 1. The fourth-order valence-corrected chi connectivity index (χ4v) is 4.80. The van der Waals surface area contributed by atoms with Gasteiger partial charge in [0, 0.05) is 24.0 Å². The van der Waals surface area contributed by atoms with E-state index < -0.39 is 0 Å². The van der Waals surface area contributed by atoms with E-state index in [1.54, 1.807) is 0 Å². The number of fused-ring (bicyclic) bond motifs is 1. The highest BCUT2D eigenvalue weighted by atomic mass is 32.1. The number of hydrogen-bond acceptors (Lipinski definition) is 5. The Hall–Kier alpha value is -1.92. The first-order valence-corrected chi connectivity index (χ1v) is 10.8. The Morgan fingerprint density at radius 3 is 2.59 bits per heavy atom. The van der Waals surface area contributed by atoms with Crippen molar-refractivity contribution in [2.75, 3.05) is 32.8 Å². The van der Waals surface area contributed by atoms with Gasteiger partial charge in [-0.3, -0.25) is 4.79 Å². The molecule has 1 amide bonds. The van der Waals surface area contributed by atoms with E-state index in [1.807, 2.05) is 34.5 Å². The predicted molar refractivity (Wildman–Crippen MR) is 108 cm³/mol. The summed E-state index contributed by atoms with van der Waals surface area (Å²) in [6, 6.07) is 7.96. The van der Waals surface area contributed by atoms with E-state index in [2.05, 4.69) is 17.2 Å². The van der Waals surface area contributed by atoms with Crippen LogP contribution < -0.4 is 10.1 Å². The van der Waals surface area contributed by atoms with Crippen molar-refractivity contribution in [2.24, 2.45) is 11.8 Å². The summed E-state index contributed by atoms with van der Waals surface area (Å²) in [6.07, 6.45) is 3.19. The quantitative estimate of drug-likeness (QED) is 0.853. The third-order valence-corrected chi connectivity index (χ3v) is 6.50. The first kappa shape index (κ1) is 18.4. The van der Waals surface area contributed by atoms with Crippen molar-refractivity contribution >= 4 is 17.2 Å². The van der Waals surface area contributed by atoms with Crippen LogP contribution in [0.15, 0.2) is 29.6 Å². The predicted octanol–water partition coefficient (Wildman–Crippen LogP) is 3.67. The molecule has 2 fully saturated rings. The van der Waals surface area contributed by atoms with Crippen molar-refractivity contribution in [3.8, 4) is 16.3 Å². The molecular weight excluding hydrogens is 358 g/mol. The second kappa shape index (κ2) is 8.40. The largest absolute Gasteiger partial charge is 0.494 e. The lowest BCUT2D eigenvalue weighted by Gasteiger charge is -2.19. The summed E-state index contributed by atoms with van der Waals surface area (Å²) >= 11 is 1.53. The minimum atomic E-state index is 0.0772. The van der Waals surface area contributed by atoms with Gasteiger partial charge in [-0.05, 0) is 68.5 Å². The molecule has 2 saturated heterocycles. The van der Waals surface area contributed by atoms with Gasteiger partial charge in [-0.2, -0.15) is 0 Å². The number of nitrogens with zero attached hydrogens (tertiary/aromatic N) is 2. The number of rotatable bonds is 5. The first-order chi connectivity index (χ1) is 13.2. The third-order valence-electron chi connectivity index (χ3n) is 5.60. The van der Waals surface area contributed by atoms with E-state index in [9.17, 15) is 4.79 Å². The number of ether oxygens (including phenoxy) is 1. The topological polar surface area (TPSA) is 54.5 Å². The molecule has 2 atom stereocenters. The van der Waals surface area contributed by atoms with Crippen molar-refractivity contribution in [3.63, 3.8) is 0 Å². The van der Waals surface area contributed by atoms with E-state index >= 15 is 0 Å². The number of carbonyl (C=O) groups excluding carboxylic acids is 1. The van der Waals surface area contributed by atoms with Gasteiger partial charge in [-0.25, -0.2) is 4.98 Å².